The minimum absolute atomic E-state index is 0.289. The molecular formula is C9H12N3O2-. The zero-order chi connectivity index (χ0) is 10.8. The Morgan fingerprint density at radius 3 is 2.29 bits per heavy atom. The van der Waals surface area contributed by atoms with E-state index in [1.165, 1.54) is 12.4 Å². The van der Waals surface area contributed by atoms with Crippen molar-refractivity contribution in [2.24, 2.45) is 0 Å². The van der Waals surface area contributed by atoms with Crippen LogP contribution in [-0.2, 0) is 10.2 Å². The Labute approximate surface area is 82.2 Å². The summed E-state index contributed by atoms with van der Waals surface area (Å²) in [5.74, 6) is -0.656. The molecule has 0 fully saturated rings. The molecule has 0 amide bonds. The molecule has 1 aromatic rings. The van der Waals surface area contributed by atoms with Crippen LogP contribution in [0.2, 0.25) is 0 Å². The molecule has 1 heterocycles. The summed E-state index contributed by atoms with van der Waals surface area (Å²) in [4.78, 5) is 18.8. The second-order valence-corrected chi connectivity index (χ2v) is 3.42. The fraction of sp³-hybridized carbons (Fsp3) is 0.444. The van der Waals surface area contributed by atoms with Crippen molar-refractivity contribution in [3.63, 3.8) is 0 Å². The Hall–Kier alpha value is -1.65. The van der Waals surface area contributed by atoms with Crippen molar-refractivity contribution in [1.29, 1.82) is 0 Å². The highest BCUT2D eigenvalue weighted by molar-refractivity contribution is 5.78. The summed E-state index contributed by atoms with van der Waals surface area (Å²) >= 11 is 0. The number of rotatable bonds is 3. The van der Waals surface area contributed by atoms with Crippen LogP contribution in [0.3, 0.4) is 0 Å². The lowest BCUT2D eigenvalue weighted by Gasteiger charge is -2.19. The summed E-state index contributed by atoms with van der Waals surface area (Å²) in [7, 11) is 1.63. The summed E-state index contributed by atoms with van der Waals surface area (Å²) in [5.41, 5.74) is -0.429. The van der Waals surface area contributed by atoms with Gasteiger partial charge in [0, 0.05) is 12.4 Å². The molecule has 1 rings (SSSR count). The smallest absolute Gasteiger partial charge is 0.316 e. The molecule has 0 aliphatic carbocycles. The van der Waals surface area contributed by atoms with Crippen LogP contribution in [0.5, 0.6) is 0 Å². The van der Waals surface area contributed by atoms with E-state index in [9.17, 15) is 4.79 Å². The quantitative estimate of drug-likeness (QED) is 0.790. The van der Waals surface area contributed by atoms with E-state index < -0.39 is 11.4 Å². The molecule has 76 valence electrons. The van der Waals surface area contributed by atoms with E-state index in [2.05, 4.69) is 15.3 Å². The number of aliphatic carboxylic acids is 1. The zero-order valence-electron chi connectivity index (χ0n) is 8.35. The predicted octanol–water partition coefficient (Wildman–Crippen LogP) is 1.47. The lowest BCUT2D eigenvalue weighted by molar-refractivity contribution is -0.142. The lowest BCUT2D eigenvalue weighted by Crippen LogP contribution is -2.30. The molecule has 0 bridgehead atoms. The topological polar surface area (TPSA) is 77.2 Å². The largest absolute Gasteiger partial charge is 0.684 e. The second-order valence-electron chi connectivity index (χ2n) is 3.42. The highest BCUT2D eigenvalue weighted by atomic mass is 16.4. The summed E-state index contributed by atoms with van der Waals surface area (Å²) in [6, 6.07) is 0. The molecule has 0 atom stereocenters. The number of carbonyl (C=O) groups is 1. The van der Waals surface area contributed by atoms with Crippen molar-refractivity contribution in [1.82, 2.24) is 9.97 Å². The van der Waals surface area contributed by atoms with Gasteiger partial charge in [0.25, 0.3) is 0 Å². The van der Waals surface area contributed by atoms with Gasteiger partial charge in [0.1, 0.15) is 11.2 Å². The molecule has 14 heavy (non-hydrogen) atoms. The van der Waals surface area contributed by atoms with Crippen molar-refractivity contribution in [2.45, 2.75) is 19.3 Å². The van der Waals surface area contributed by atoms with Gasteiger partial charge in [-0.15, -0.1) is 12.7 Å². The third-order valence-corrected chi connectivity index (χ3v) is 1.99. The molecule has 5 nitrogen and oxygen atoms in total. The molecule has 0 aliphatic rings. The normalized spacial score (nSPS) is 11.1. The van der Waals surface area contributed by atoms with Crippen molar-refractivity contribution in [2.75, 3.05) is 7.05 Å². The van der Waals surface area contributed by atoms with Crippen LogP contribution >= 0.6 is 0 Å². The Morgan fingerprint density at radius 2 is 1.93 bits per heavy atom. The highest BCUT2D eigenvalue weighted by Gasteiger charge is 2.32. The van der Waals surface area contributed by atoms with E-state index in [0.717, 1.165) is 0 Å². The third-order valence-electron chi connectivity index (χ3n) is 1.99. The standard InChI is InChI=1S/C9H12N3O2/c1-9(2,8(13)14)7-11-4-6(10-3)5-12-7/h4-5H,1-3H3,(H,13,14)/q-1. The minimum atomic E-state index is -1.06. The Kier molecular flexibility index (Phi) is 2.69. The fourth-order valence-electron chi connectivity index (χ4n) is 0.855. The maximum atomic E-state index is 10.9. The first kappa shape index (κ1) is 10.4. The fourth-order valence-corrected chi connectivity index (χ4v) is 0.855. The molecule has 0 spiro atoms. The molecule has 1 aromatic heterocycles. The molecule has 1 N–H and O–H groups in total. The average molecular weight is 194 g/mol. The number of hydrogen-bond acceptors (Lipinski definition) is 3. The number of carboxylic acid groups (broad SMARTS) is 1. The van der Waals surface area contributed by atoms with Crippen LogP contribution < -0.4 is 0 Å². The molecule has 0 aliphatic heterocycles. The van der Waals surface area contributed by atoms with Gasteiger partial charge in [-0.25, -0.2) is 9.97 Å². The maximum Gasteiger partial charge on any atom is 0.316 e. The highest BCUT2D eigenvalue weighted by Crippen LogP contribution is 2.21. The van der Waals surface area contributed by atoms with Crippen molar-refractivity contribution < 1.29 is 9.90 Å². The van der Waals surface area contributed by atoms with Crippen LogP contribution in [0.1, 0.15) is 19.7 Å². The number of carboxylic acids is 1. The third kappa shape index (κ3) is 1.81. The van der Waals surface area contributed by atoms with Crippen LogP contribution in [0.15, 0.2) is 12.4 Å². The summed E-state index contributed by atoms with van der Waals surface area (Å²) in [5, 5.41) is 12.8. The summed E-state index contributed by atoms with van der Waals surface area (Å²) in [6.45, 7) is 3.13. The SMILES string of the molecule is C[N-]c1cnc(C(C)(C)C(=O)O)nc1. The van der Waals surface area contributed by atoms with E-state index in [4.69, 9.17) is 5.11 Å². The number of aromatic nitrogens is 2. The van der Waals surface area contributed by atoms with E-state index in [1.807, 2.05) is 0 Å². The van der Waals surface area contributed by atoms with Gasteiger partial charge < -0.3 is 10.4 Å². The first-order valence-corrected chi connectivity index (χ1v) is 4.14. The van der Waals surface area contributed by atoms with E-state index in [0.29, 0.717) is 5.69 Å². The number of nitrogens with zero attached hydrogens (tertiary/aromatic N) is 3. The van der Waals surface area contributed by atoms with Crippen LogP contribution in [0, 0.1) is 0 Å². The van der Waals surface area contributed by atoms with Crippen molar-refractivity contribution in [3.8, 4) is 0 Å². The first-order valence-electron chi connectivity index (χ1n) is 4.14. The summed E-state index contributed by atoms with van der Waals surface area (Å²) < 4.78 is 0. The van der Waals surface area contributed by atoms with Crippen LogP contribution in [0.25, 0.3) is 5.32 Å². The monoisotopic (exact) mass is 194 g/mol. The van der Waals surface area contributed by atoms with Crippen molar-refractivity contribution in [3.05, 3.63) is 23.5 Å². The van der Waals surface area contributed by atoms with Gasteiger partial charge in [0.2, 0.25) is 0 Å². The van der Waals surface area contributed by atoms with Gasteiger partial charge >= 0.3 is 5.97 Å². The van der Waals surface area contributed by atoms with Crippen LogP contribution in [0.4, 0.5) is 5.69 Å². The molecule has 0 saturated carbocycles. The number of hydrogen-bond donors (Lipinski definition) is 1. The molecule has 5 heteroatoms. The molecule has 0 unspecified atom stereocenters. The Morgan fingerprint density at radius 1 is 1.43 bits per heavy atom. The van der Waals surface area contributed by atoms with Gasteiger partial charge in [-0.3, -0.25) is 4.79 Å². The Balaban J connectivity index is 3.02. The average Bonchev–Trinajstić information content (AvgIpc) is 2.17. The van der Waals surface area contributed by atoms with E-state index >= 15 is 0 Å². The minimum Gasteiger partial charge on any atom is -0.684 e. The lowest BCUT2D eigenvalue weighted by atomic mass is 9.93. The van der Waals surface area contributed by atoms with Gasteiger partial charge in [0.15, 0.2) is 0 Å². The zero-order valence-corrected chi connectivity index (χ0v) is 8.35. The van der Waals surface area contributed by atoms with Gasteiger partial charge in [-0.1, -0.05) is 0 Å². The molecule has 0 saturated heterocycles. The molecular weight excluding hydrogens is 182 g/mol. The predicted molar refractivity (Wildman–Crippen MR) is 51.6 cm³/mol. The van der Waals surface area contributed by atoms with E-state index in [1.54, 1.807) is 20.9 Å². The first-order chi connectivity index (χ1) is 6.48. The van der Waals surface area contributed by atoms with Gasteiger partial charge in [0.05, 0.1) is 0 Å². The summed E-state index contributed by atoms with van der Waals surface area (Å²) in [6.07, 6.45) is 3.01. The van der Waals surface area contributed by atoms with E-state index in [-0.39, 0.29) is 5.82 Å². The van der Waals surface area contributed by atoms with Crippen molar-refractivity contribution >= 4 is 11.7 Å². The Bertz CT molecular complexity index is 332. The molecule has 0 aromatic carbocycles. The van der Waals surface area contributed by atoms with Gasteiger partial charge in [-0.2, -0.15) is 0 Å². The molecule has 0 radical (unpaired) electrons. The van der Waals surface area contributed by atoms with Crippen LogP contribution in [-0.4, -0.2) is 28.1 Å². The van der Waals surface area contributed by atoms with Gasteiger partial charge in [-0.05, 0) is 13.8 Å². The second kappa shape index (κ2) is 3.61. The maximum absolute atomic E-state index is 10.9.